The van der Waals surface area contributed by atoms with E-state index in [9.17, 15) is 13.2 Å². The maximum Gasteiger partial charge on any atom is 0.208 e. The Morgan fingerprint density at radius 3 is 2.46 bits per heavy atom. The number of allylic oxidation sites excluding steroid dienone is 1. The fraction of sp³-hybridized carbons (Fsp3) is 0. The first-order valence-electron chi connectivity index (χ1n) is 7.27. The smallest absolute Gasteiger partial charge is 0.208 e. The van der Waals surface area contributed by atoms with Crippen LogP contribution >= 0.6 is 11.6 Å². The molecule has 4 rings (SSSR count). The van der Waals surface area contributed by atoms with E-state index in [4.69, 9.17) is 11.6 Å². The molecule has 0 aliphatic carbocycles. The van der Waals surface area contributed by atoms with Crippen LogP contribution in [0.15, 0.2) is 71.6 Å². The molecule has 24 heavy (non-hydrogen) atoms. The van der Waals surface area contributed by atoms with E-state index >= 15 is 0 Å². The Bertz CT molecular complexity index is 1140. The van der Waals surface area contributed by atoms with Crippen LogP contribution in [0.1, 0.15) is 15.9 Å². The van der Waals surface area contributed by atoms with Gasteiger partial charge in [0.1, 0.15) is 0 Å². The van der Waals surface area contributed by atoms with Gasteiger partial charge in [-0.2, -0.15) is 0 Å². The van der Waals surface area contributed by atoms with E-state index < -0.39 is 9.84 Å². The highest BCUT2D eigenvalue weighted by Gasteiger charge is 2.34. The predicted octanol–water partition coefficient (Wildman–Crippen LogP) is 4.50. The summed E-state index contributed by atoms with van der Waals surface area (Å²) in [4.78, 5) is 12.6. The summed E-state index contributed by atoms with van der Waals surface area (Å²) in [6.45, 7) is 0. The average Bonchev–Trinajstić information content (AvgIpc) is 2.57. The Labute approximate surface area is 144 Å². The van der Waals surface area contributed by atoms with E-state index in [1.54, 1.807) is 48.5 Å². The summed E-state index contributed by atoms with van der Waals surface area (Å²) >= 11 is 5.98. The van der Waals surface area contributed by atoms with Crippen molar-refractivity contribution >= 4 is 42.9 Å². The number of ketones is 1. The Hall–Kier alpha value is -2.43. The number of carbonyl (C=O) groups is 1. The molecule has 0 saturated carbocycles. The Balaban J connectivity index is 2.07. The summed E-state index contributed by atoms with van der Waals surface area (Å²) in [7, 11) is -3.83. The van der Waals surface area contributed by atoms with Crippen molar-refractivity contribution in [3.8, 4) is 0 Å². The molecule has 5 heteroatoms. The van der Waals surface area contributed by atoms with Crippen LogP contribution < -0.4 is 0 Å². The molecule has 1 aliphatic rings. The first kappa shape index (κ1) is 15.1. The van der Waals surface area contributed by atoms with Crippen LogP contribution in [0.25, 0.3) is 15.7 Å². The minimum Gasteiger partial charge on any atom is -0.289 e. The van der Waals surface area contributed by atoms with Crippen molar-refractivity contribution in [3.05, 3.63) is 82.9 Å². The third-order valence-electron chi connectivity index (χ3n) is 4.07. The van der Waals surface area contributed by atoms with Crippen molar-refractivity contribution < 1.29 is 13.2 Å². The molecule has 0 aromatic heterocycles. The Morgan fingerprint density at radius 1 is 0.875 bits per heavy atom. The monoisotopic (exact) mass is 354 g/mol. The Kier molecular flexibility index (Phi) is 3.34. The molecule has 1 heterocycles. The summed E-state index contributed by atoms with van der Waals surface area (Å²) in [5, 5.41) is 1.75. The number of benzene rings is 3. The summed E-state index contributed by atoms with van der Waals surface area (Å²) in [5.74, 6) is -0.319. The van der Waals surface area contributed by atoms with Gasteiger partial charge in [0.2, 0.25) is 9.84 Å². The molecule has 0 fully saturated rings. The van der Waals surface area contributed by atoms with Gasteiger partial charge < -0.3 is 0 Å². The predicted molar refractivity (Wildman–Crippen MR) is 94.9 cm³/mol. The first-order chi connectivity index (χ1) is 11.5. The van der Waals surface area contributed by atoms with Crippen molar-refractivity contribution in [2.24, 2.45) is 0 Å². The second kappa shape index (κ2) is 5.30. The SMILES string of the molecule is O=C1C=C(c2cccc(Cl)c2)S(=O)(=O)c2c1ccc1ccccc21. The highest BCUT2D eigenvalue weighted by molar-refractivity contribution is 8.01. The molecular weight excluding hydrogens is 344 g/mol. The van der Waals surface area contributed by atoms with Crippen LogP contribution in [0, 0.1) is 0 Å². The number of halogens is 1. The average molecular weight is 355 g/mol. The zero-order valence-electron chi connectivity index (χ0n) is 12.4. The lowest BCUT2D eigenvalue weighted by molar-refractivity contribution is 0.104. The van der Waals surface area contributed by atoms with Gasteiger partial charge >= 0.3 is 0 Å². The second-order valence-electron chi connectivity index (χ2n) is 5.55. The van der Waals surface area contributed by atoms with Gasteiger partial charge in [-0.3, -0.25) is 4.79 Å². The minimum absolute atomic E-state index is 0.0150. The lowest BCUT2D eigenvalue weighted by Crippen LogP contribution is -2.17. The second-order valence-corrected chi connectivity index (χ2v) is 7.84. The van der Waals surface area contributed by atoms with E-state index in [-0.39, 0.29) is 21.1 Å². The fourth-order valence-corrected chi connectivity index (χ4v) is 5.03. The molecule has 0 saturated heterocycles. The van der Waals surface area contributed by atoms with E-state index in [2.05, 4.69) is 0 Å². The molecule has 0 unspecified atom stereocenters. The summed E-state index contributed by atoms with van der Waals surface area (Å²) in [5.41, 5.74) is 0.619. The zero-order chi connectivity index (χ0) is 16.9. The molecule has 0 amide bonds. The molecule has 3 aromatic rings. The molecule has 0 N–H and O–H groups in total. The number of sulfone groups is 1. The van der Waals surface area contributed by atoms with E-state index in [1.807, 2.05) is 12.1 Å². The van der Waals surface area contributed by atoms with Crippen LogP contribution in [-0.4, -0.2) is 14.2 Å². The number of fused-ring (bicyclic) bond motifs is 3. The van der Waals surface area contributed by atoms with Crippen LogP contribution in [0.3, 0.4) is 0 Å². The Morgan fingerprint density at radius 2 is 1.67 bits per heavy atom. The largest absolute Gasteiger partial charge is 0.289 e. The van der Waals surface area contributed by atoms with E-state index in [0.29, 0.717) is 16.0 Å². The maximum absolute atomic E-state index is 13.2. The molecule has 118 valence electrons. The van der Waals surface area contributed by atoms with Gasteiger partial charge in [0.25, 0.3) is 0 Å². The summed E-state index contributed by atoms with van der Waals surface area (Å²) < 4.78 is 26.4. The molecule has 1 aliphatic heterocycles. The fourth-order valence-electron chi connectivity index (χ4n) is 2.99. The molecule has 3 nitrogen and oxygen atoms in total. The van der Waals surface area contributed by atoms with E-state index in [0.717, 1.165) is 5.39 Å². The number of rotatable bonds is 1. The molecule has 0 bridgehead atoms. The lowest BCUT2D eigenvalue weighted by atomic mass is 10.0. The number of carbonyl (C=O) groups excluding carboxylic acids is 1. The highest BCUT2D eigenvalue weighted by Crippen LogP contribution is 2.39. The van der Waals surface area contributed by atoms with Crippen LogP contribution in [0.2, 0.25) is 5.02 Å². The highest BCUT2D eigenvalue weighted by atomic mass is 35.5. The van der Waals surface area contributed by atoms with Gasteiger partial charge in [-0.25, -0.2) is 8.42 Å². The van der Waals surface area contributed by atoms with Crippen molar-refractivity contribution in [2.75, 3.05) is 0 Å². The number of hydrogen-bond donors (Lipinski definition) is 0. The van der Waals surface area contributed by atoms with Gasteiger partial charge in [0.05, 0.1) is 9.80 Å². The first-order valence-corrected chi connectivity index (χ1v) is 9.13. The summed E-state index contributed by atoms with van der Waals surface area (Å²) in [6, 6.07) is 17.0. The topological polar surface area (TPSA) is 51.2 Å². The van der Waals surface area contributed by atoms with Crippen molar-refractivity contribution in [1.82, 2.24) is 0 Å². The third kappa shape index (κ3) is 2.19. The molecule has 0 atom stereocenters. The van der Waals surface area contributed by atoms with Gasteiger partial charge in [0.15, 0.2) is 5.78 Å². The molecule has 3 aromatic carbocycles. The standard InChI is InChI=1S/C19H11ClO3S/c20-14-6-3-5-13(10-14)18-11-17(21)16-9-8-12-4-1-2-7-15(12)19(16)24(18,22)23/h1-11H. The molecular formula is C19H11ClO3S. The summed E-state index contributed by atoms with van der Waals surface area (Å²) in [6.07, 6.45) is 1.18. The van der Waals surface area contributed by atoms with Crippen molar-refractivity contribution in [2.45, 2.75) is 4.90 Å². The number of hydrogen-bond acceptors (Lipinski definition) is 3. The van der Waals surface area contributed by atoms with Crippen LogP contribution in [-0.2, 0) is 9.84 Å². The van der Waals surface area contributed by atoms with Gasteiger partial charge in [-0.1, -0.05) is 54.1 Å². The normalized spacial score (nSPS) is 15.9. The van der Waals surface area contributed by atoms with Crippen molar-refractivity contribution in [3.63, 3.8) is 0 Å². The minimum atomic E-state index is -3.83. The lowest BCUT2D eigenvalue weighted by Gasteiger charge is -2.19. The molecule has 0 spiro atoms. The maximum atomic E-state index is 13.2. The molecule has 0 radical (unpaired) electrons. The van der Waals surface area contributed by atoms with Gasteiger partial charge in [-0.05, 0) is 29.1 Å². The third-order valence-corrected chi connectivity index (χ3v) is 6.22. The van der Waals surface area contributed by atoms with Gasteiger partial charge in [0, 0.05) is 22.0 Å². The zero-order valence-corrected chi connectivity index (χ0v) is 13.9. The van der Waals surface area contributed by atoms with E-state index in [1.165, 1.54) is 6.08 Å². The quantitative estimate of drug-likeness (QED) is 0.646. The van der Waals surface area contributed by atoms with Gasteiger partial charge in [-0.15, -0.1) is 0 Å². The van der Waals surface area contributed by atoms with Crippen LogP contribution in [0.4, 0.5) is 0 Å². The van der Waals surface area contributed by atoms with Crippen molar-refractivity contribution in [1.29, 1.82) is 0 Å². The van der Waals surface area contributed by atoms with Crippen LogP contribution in [0.5, 0.6) is 0 Å².